The predicted molar refractivity (Wildman–Crippen MR) is 114 cm³/mol. The number of guanidine groups is 1. The van der Waals surface area contributed by atoms with Crippen LogP contribution in [0.4, 0.5) is 0 Å². The first-order valence-corrected chi connectivity index (χ1v) is 9.16. The summed E-state index contributed by atoms with van der Waals surface area (Å²) < 4.78 is 17.0. The van der Waals surface area contributed by atoms with Gasteiger partial charge in [0.15, 0.2) is 5.96 Å². The van der Waals surface area contributed by atoms with Crippen molar-refractivity contribution in [3.63, 3.8) is 0 Å². The van der Waals surface area contributed by atoms with Gasteiger partial charge in [0, 0.05) is 51.7 Å². The normalized spacial score (nSPS) is 21.8. The summed E-state index contributed by atoms with van der Waals surface area (Å²) in [5.41, 5.74) is 0.973. The van der Waals surface area contributed by atoms with Gasteiger partial charge >= 0.3 is 0 Å². The Morgan fingerprint density at radius 1 is 1.27 bits per heavy atom. The molecule has 0 amide bonds. The van der Waals surface area contributed by atoms with Crippen molar-refractivity contribution >= 4 is 29.9 Å². The fraction of sp³-hybridized carbons (Fsp3) is 0.632. The average molecular weight is 475 g/mol. The lowest BCUT2D eigenvalue weighted by Gasteiger charge is -2.35. The summed E-state index contributed by atoms with van der Waals surface area (Å²) in [4.78, 5) is 4.82. The number of methoxy groups -OCH3 is 1. The number of aliphatic imine (C=N–C) groups is 1. The SMILES string of the molecule is CCNC(=NCC1(OC)CCOCC1)NC1CCOc2ccccc21.I. The maximum absolute atomic E-state index is 5.79. The monoisotopic (exact) mass is 475 g/mol. The van der Waals surface area contributed by atoms with Crippen molar-refractivity contribution in [2.24, 2.45) is 4.99 Å². The molecule has 2 aliphatic heterocycles. The summed E-state index contributed by atoms with van der Waals surface area (Å²) in [6.45, 7) is 5.72. The van der Waals surface area contributed by atoms with Gasteiger partial charge in [-0.1, -0.05) is 18.2 Å². The fourth-order valence-corrected chi connectivity index (χ4v) is 3.37. The zero-order valence-electron chi connectivity index (χ0n) is 15.6. The highest BCUT2D eigenvalue weighted by atomic mass is 127. The molecule has 2 aliphatic rings. The smallest absolute Gasteiger partial charge is 0.191 e. The van der Waals surface area contributed by atoms with Gasteiger partial charge in [-0.05, 0) is 13.0 Å². The molecular formula is C19H30IN3O3. The zero-order chi connectivity index (χ0) is 17.5. The number of hydrogen-bond acceptors (Lipinski definition) is 4. The Labute approximate surface area is 173 Å². The molecule has 26 heavy (non-hydrogen) atoms. The van der Waals surface area contributed by atoms with E-state index in [4.69, 9.17) is 19.2 Å². The van der Waals surface area contributed by atoms with Crippen molar-refractivity contribution in [1.82, 2.24) is 10.6 Å². The molecule has 1 atom stereocenters. The quantitative estimate of drug-likeness (QED) is 0.390. The number of hydrogen-bond donors (Lipinski definition) is 2. The van der Waals surface area contributed by atoms with Crippen LogP contribution in [0.2, 0.25) is 0 Å². The largest absolute Gasteiger partial charge is 0.493 e. The van der Waals surface area contributed by atoms with E-state index in [1.807, 2.05) is 18.2 Å². The number of nitrogens with zero attached hydrogens (tertiary/aromatic N) is 1. The summed E-state index contributed by atoms with van der Waals surface area (Å²) in [5.74, 6) is 1.78. The molecule has 0 aliphatic carbocycles. The first kappa shape index (κ1) is 21.2. The van der Waals surface area contributed by atoms with Crippen LogP contribution < -0.4 is 15.4 Å². The predicted octanol–water partition coefficient (Wildman–Crippen LogP) is 2.88. The molecule has 0 radical (unpaired) electrons. The van der Waals surface area contributed by atoms with E-state index < -0.39 is 0 Å². The van der Waals surface area contributed by atoms with Crippen molar-refractivity contribution in [1.29, 1.82) is 0 Å². The van der Waals surface area contributed by atoms with E-state index in [9.17, 15) is 0 Å². The third kappa shape index (κ3) is 5.23. The molecule has 3 rings (SSSR count). The highest BCUT2D eigenvalue weighted by Gasteiger charge is 2.32. The van der Waals surface area contributed by atoms with Crippen molar-refractivity contribution in [3.8, 4) is 5.75 Å². The minimum atomic E-state index is -0.214. The zero-order valence-corrected chi connectivity index (χ0v) is 18.0. The standard InChI is InChI=1S/C19H29N3O3.HI/c1-3-20-18(21-14-19(23-2)9-12-24-13-10-19)22-16-8-11-25-17-7-5-4-6-15(16)17;/h4-7,16H,3,8-14H2,1-2H3,(H2,20,21,22);1H. The van der Waals surface area contributed by atoms with Crippen LogP contribution in [0.15, 0.2) is 29.3 Å². The Bertz CT molecular complexity index is 591. The van der Waals surface area contributed by atoms with Gasteiger partial charge in [0.2, 0.25) is 0 Å². The Kier molecular flexibility index (Phi) is 8.43. The molecule has 1 unspecified atom stereocenters. The van der Waals surface area contributed by atoms with E-state index in [2.05, 4.69) is 23.6 Å². The van der Waals surface area contributed by atoms with Crippen LogP contribution in [0.25, 0.3) is 0 Å². The van der Waals surface area contributed by atoms with E-state index in [1.54, 1.807) is 7.11 Å². The van der Waals surface area contributed by atoms with Crippen molar-refractivity contribution in [2.45, 2.75) is 37.8 Å². The van der Waals surface area contributed by atoms with Crippen LogP contribution in [0.3, 0.4) is 0 Å². The number of ether oxygens (including phenoxy) is 3. The molecule has 2 heterocycles. The molecule has 146 valence electrons. The Morgan fingerprint density at radius 3 is 2.77 bits per heavy atom. The third-order valence-corrected chi connectivity index (χ3v) is 4.98. The van der Waals surface area contributed by atoms with Crippen molar-refractivity contribution in [2.75, 3.05) is 40.0 Å². The molecule has 1 fully saturated rings. The fourth-order valence-electron chi connectivity index (χ4n) is 3.37. The van der Waals surface area contributed by atoms with Crippen LogP contribution in [0.1, 0.15) is 37.8 Å². The molecule has 1 aromatic carbocycles. The second-order valence-electron chi connectivity index (χ2n) is 6.57. The van der Waals surface area contributed by atoms with E-state index in [0.29, 0.717) is 13.2 Å². The van der Waals surface area contributed by atoms with E-state index in [1.165, 1.54) is 5.56 Å². The molecule has 6 nitrogen and oxygen atoms in total. The average Bonchev–Trinajstić information content (AvgIpc) is 2.67. The Hall–Kier alpha value is -1.06. The Morgan fingerprint density at radius 2 is 2.04 bits per heavy atom. The van der Waals surface area contributed by atoms with E-state index in [-0.39, 0.29) is 35.6 Å². The topological polar surface area (TPSA) is 64.1 Å². The molecule has 0 spiro atoms. The van der Waals surface area contributed by atoms with Crippen LogP contribution >= 0.6 is 24.0 Å². The van der Waals surface area contributed by atoms with Gasteiger partial charge < -0.3 is 24.8 Å². The maximum atomic E-state index is 5.79. The summed E-state index contributed by atoms with van der Waals surface area (Å²) in [7, 11) is 1.77. The first-order chi connectivity index (χ1) is 12.3. The lowest BCUT2D eigenvalue weighted by molar-refractivity contribution is -0.0828. The number of nitrogens with one attached hydrogen (secondary N) is 2. The molecule has 1 saturated heterocycles. The summed E-state index contributed by atoms with van der Waals surface area (Å²) >= 11 is 0. The molecular weight excluding hydrogens is 445 g/mol. The molecule has 0 saturated carbocycles. The lowest BCUT2D eigenvalue weighted by atomic mass is 9.94. The van der Waals surface area contributed by atoms with Gasteiger partial charge in [0.25, 0.3) is 0 Å². The number of rotatable bonds is 5. The summed E-state index contributed by atoms with van der Waals surface area (Å²) in [6, 6.07) is 8.40. The van der Waals surface area contributed by atoms with Crippen LogP contribution in [0, 0.1) is 0 Å². The second-order valence-corrected chi connectivity index (χ2v) is 6.57. The molecule has 0 aromatic heterocycles. The minimum Gasteiger partial charge on any atom is -0.493 e. The van der Waals surface area contributed by atoms with E-state index in [0.717, 1.165) is 50.7 Å². The number of benzene rings is 1. The summed E-state index contributed by atoms with van der Waals surface area (Å²) in [5, 5.41) is 6.92. The highest BCUT2D eigenvalue weighted by molar-refractivity contribution is 14.0. The second kappa shape index (κ2) is 10.3. The summed E-state index contributed by atoms with van der Waals surface area (Å²) in [6.07, 6.45) is 2.68. The van der Waals surface area contributed by atoms with Gasteiger partial charge in [-0.15, -0.1) is 24.0 Å². The van der Waals surface area contributed by atoms with Crippen LogP contribution in [-0.4, -0.2) is 51.6 Å². The molecule has 7 heteroatoms. The van der Waals surface area contributed by atoms with Crippen LogP contribution in [-0.2, 0) is 9.47 Å². The molecule has 2 N–H and O–H groups in total. The number of fused-ring (bicyclic) bond motifs is 1. The van der Waals surface area contributed by atoms with Crippen molar-refractivity contribution in [3.05, 3.63) is 29.8 Å². The third-order valence-electron chi connectivity index (χ3n) is 4.98. The van der Waals surface area contributed by atoms with Crippen LogP contribution in [0.5, 0.6) is 5.75 Å². The first-order valence-electron chi connectivity index (χ1n) is 9.16. The highest BCUT2D eigenvalue weighted by Crippen LogP contribution is 2.31. The van der Waals surface area contributed by atoms with Gasteiger partial charge in [0.05, 0.1) is 24.8 Å². The van der Waals surface area contributed by atoms with Gasteiger partial charge in [0.1, 0.15) is 5.75 Å². The van der Waals surface area contributed by atoms with E-state index >= 15 is 0 Å². The lowest BCUT2D eigenvalue weighted by Crippen LogP contribution is -2.45. The maximum Gasteiger partial charge on any atom is 0.191 e. The van der Waals surface area contributed by atoms with Gasteiger partial charge in [-0.2, -0.15) is 0 Å². The molecule has 0 bridgehead atoms. The van der Waals surface area contributed by atoms with Crippen molar-refractivity contribution < 1.29 is 14.2 Å². The van der Waals surface area contributed by atoms with Gasteiger partial charge in [-0.3, -0.25) is 4.99 Å². The molecule has 1 aromatic rings. The van der Waals surface area contributed by atoms with Gasteiger partial charge in [-0.25, -0.2) is 0 Å². The number of para-hydroxylation sites is 1. The minimum absolute atomic E-state index is 0. The Balaban J connectivity index is 0.00000243. The number of halogens is 1.